The average Bonchev–Trinajstić information content (AvgIpc) is 3.05. The number of aliphatic imine (C=N–C) groups is 1. The zero-order valence-electron chi connectivity index (χ0n) is 13.8. The van der Waals surface area contributed by atoms with Gasteiger partial charge in [-0.05, 0) is 24.3 Å². The minimum Gasteiger partial charge on any atom is -0.379 e. The highest BCUT2D eigenvalue weighted by atomic mass is 32.1. The van der Waals surface area contributed by atoms with Gasteiger partial charge in [0.25, 0.3) is 0 Å². The van der Waals surface area contributed by atoms with E-state index in [0.29, 0.717) is 19.8 Å². The molecule has 0 spiro atoms. The molecule has 1 aromatic rings. The third-order valence-corrected chi connectivity index (χ3v) is 3.96. The summed E-state index contributed by atoms with van der Waals surface area (Å²) in [5, 5.41) is 8.64. The van der Waals surface area contributed by atoms with Gasteiger partial charge in [0.1, 0.15) is 0 Å². The lowest BCUT2D eigenvalue weighted by Gasteiger charge is -2.11. The first-order valence-corrected chi connectivity index (χ1v) is 8.87. The van der Waals surface area contributed by atoms with E-state index in [9.17, 15) is 0 Å². The van der Waals surface area contributed by atoms with E-state index in [1.807, 2.05) is 0 Å². The Morgan fingerprint density at radius 1 is 1.14 bits per heavy atom. The van der Waals surface area contributed by atoms with E-state index in [-0.39, 0.29) is 0 Å². The monoisotopic (exact) mass is 327 g/mol. The van der Waals surface area contributed by atoms with E-state index in [1.165, 1.54) is 11.3 Å². The van der Waals surface area contributed by atoms with Crippen LogP contribution in [0.15, 0.2) is 22.5 Å². The van der Waals surface area contributed by atoms with Crippen LogP contribution in [0.5, 0.6) is 0 Å². The Morgan fingerprint density at radius 3 is 2.59 bits per heavy atom. The number of hydrogen-bond donors (Lipinski definition) is 2. The molecule has 0 fully saturated rings. The van der Waals surface area contributed by atoms with Crippen molar-refractivity contribution >= 4 is 17.3 Å². The van der Waals surface area contributed by atoms with Gasteiger partial charge in [0.05, 0.1) is 19.8 Å². The number of nitrogens with one attached hydrogen (secondary N) is 2. The molecule has 22 heavy (non-hydrogen) atoms. The summed E-state index contributed by atoms with van der Waals surface area (Å²) in [6, 6.07) is 4.23. The lowest BCUT2D eigenvalue weighted by molar-refractivity contribution is 0.0487. The van der Waals surface area contributed by atoms with Gasteiger partial charge in [-0.25, -0.2) is 0 Å². The Bertz CT molecular complexity index is 383. The molecule has 0 saturated heterocycles. The molecule has 6 heteroatoms. The van der Waals surface area contributed by atoms with E-state index >= 15 is 0 Å². The quantitative estimate of drug-likeness (QED) is 0.351. The molecule has 1 heterocycles. The summed E-state index contributed by atoms with van der Waals surface area (Å²) >= 11 is 1.78. The SMILES string of the molecule is CCCCOCCOCCNC(=NC)NCCc1cccs1. The van der Waals surface area contributed by atoms with Crippen LogP contribution < -0.4 is 10.6 Å². The maximum atomic E-state index is 5.50. The number of nitrogens with zero attached hydrogens (tertiary/aromatic N) is 1. The van der Waals surface area contributed by atoms with Crippen LogP contribution in [0.2, 0.25) is 0 Å². The van der Waals surface area contributed by atoms with Crippen molar-refractivity contribution in [2.75, 3.05) is 46.6 Å². The predicted octanol–water partition coefficient (Wildman–Crippen LogP) is 2.29. The minimum atomic E-state index is 0.649. The molecule has 2 N–H and O–H groups in total. The van der Waals surface area contributed by atoms with Crippen LogP contribution in [0, 0.1) is 0 Å². The lowest BCUT2D eigenvalue weighted by Crippen LogP contribution is -2.39. The Hall–Kier alpha value is -1.11. The van der Waals surface area contributed by atoms with Crippen molar-refractivity contribution in [3.63, 3.8) is 0 Å². The van der Waals surface area contributed by atoms with Gasteiger partial charge in [0.15, 0.2) is 5.96 Å². The molecular weight excluding hydrogens is 298 g/mol. The molecule has 0 unspecified atom stereocenters. The summed E-state index contributed by atoms with van der Waals surface area (Å²) in [5.41, 5.74) is 0. The molecule has 5 nitrogen and oxygen atoms in total. The molecule has 0 amide bonds. The molecule has 0 aliphatic heterocycles. The average molecular weight is 327 g/mol. The Morgan fingerprint density at radius 2 is 1.91 bits per heavy atom. The fraction of sp³-hybridized carbons (Fsp3) is 0.688. The van der Waals surface area contributed by atoms with Gasteiger partial charge in [-0.1, -0.05) is 19.4 Å². The fourth-order valence-electron chi connectivity index (χ4n) is 1.79. The molecular formula is C16H29N3O2S. The number of unbranched alkanes of at least 4 members (excludes halogenated alkanes) is 1. The largest absolute Gasteiger partial charge is 0.379 e. The number of guanidine groups is 1. The normalized spacial score (nSPS) is 11.6. The molecule has 1 rings (SSSR count). The number of thiophene rings is 1. The zero-order valence-corrected chi connectivity index (χ0v) is 14.6. The summed E-state index contributed by atoms with van der Waals surface area (Å²) in [6.07, 6.45) is 3.31. The third-order valence-electron chi connectivity index (χ3n) is 3.02. The van der Waals surface area contributed by atoms with Crippen molar-refractivity contribution in [1.82, 2.24) is 10.6 Å². The number of hydrogen-bond acceptors (Lipinski definition) is 4. The van der Waals surface area contributed by atoms with Crippen molar-refractivity contribution in [3.05, 3.63) is 22.4 Å². The van der Waals surface area contributed by atoms with Gasteiger partial charge in [-0.3, -0.25) is 4.99 Å². The topological polar surface area (TPSA) is 54.9 Å². The van der Waals surface area contributed by atoms with Crippen LogP contribution in [0.1, 0.15) is 24.6 Å². The molecule has 0 bridgehead atoms. The first kappa shape index (κ1) is 18.9. The first-order chi connectivity index (χ1) is 10.9. The second-order valence-electron chi connectivity index (χ2n) is 4.83. The molecule has 126 valence electrons. The van der Waals surface area contributed by atoms with Gasteiger partial charge >= 0.3 is 0 Å². The summed E-state index contributed by atoms with van der Waals surface area (Å²) in [6.45, 7) is 6.60. The van der Waals surface area contributed by atoms with E-state index in [1.54, 1.807) is 18.4 Å². The summed E-state index contributed by atoms with van der Waals surface area (Å²) < 4.78 is 10.9. The summed E-state index contributed by atoms with van der Waals surface area (Å²) in [4.78, 5) is 5.58. The Kier molecular flexibility index (Phi) is 11.7. The number of ether oxygens (including phenoxy) is 2. The van der Waals surface area contributed by atoms with Crippen LogP contribution in [0.4, 0.5) is 0 Å². The molecule has 0 radical (unpaired) electrons. The van der Waals surface area contributed by atoms with Gasteiger partial charge in [-0.15, -0.1) is 11.3 Å². The lowest BCUT2D eigenvalue weighted by atomic mass is 10.3. The highest BCUT2D eigenvalue weighted by Gasteiger charge is 1.98. The molecule has 1 aromatic heterocycles. The van der Waals surface area contributed by atoms with E-state index in [4.69, 9.17) is 9.47 Å². The Labute approximate surface area is 138 Å². The smallest absolute Gasteiger partial charge is 0.191 e. The van der Waals surface area contributed by atoms with Crippen LogP contribution in [0.3, 0.4) is 0 Å². The highest BCUT2D eigenvalue weighted by molar-refractivity contribution is 7.09. The standard InChI is InChI=1S/C16H29N3O2S/c1-3-4-10-20-12-13-21-11-9-19-16(17-2)18-8-7-15-6-5-14-22-15/h5-6,14H,3-4,7-13H2,1-2H3,(H2,17,18,19). The van der Waals surface area contributed by atoms with Crippen LogP contribution >= 0.6 is 11.3 Å². The minimum absolute atomic E-state index is 0.649. The zero-order chi connectivity index (χ0) is 15.9. The van der Waals surface area contributed by atoms with Gasteiger partial charge < -0.3 is 20.1 Å². The van der Waals surface area contributed by atoms with Gasteiger partial charge in [0, 0.05) is 31.6 Å². The summed E-state index contributed by atoms with van der Waals surface area (Å²) in [5.74, 6) is 0.819. The Balaban J connectivity index is 1.93. The van der Waals surface area contributed by atoms with Crippen molar-refractivity contribution in [2.45, 2.75) is 26.2 Å². The third kappa shape index (κ3) is 9.76. The fourth-order valence-corrected chi connectivity index (χ4v) is 2.50. The van der Waals surface area contributed by atoms with Crippen LogP contribution in [-0.4, -0.2) is 52.5 Å². The maximum absolute atomic E-state index is 5.50. The van der Waals surface area contributed by atoms with Gasteiger partial charge in [0.2, 0.25) is 0 Å². The first-order valence-electron chi connectivity index (χ1n) is 7.99. The highest BCUT2D eigenvalue weighted by Crippen LogP contribution is 2.07. The maximum Gasteiger partial charge on any atom is 0.191 e. The summed E-state index contributed by atoms with van der Waals surface area (Å²) in [7, 11) is 1.78. The predicted molar refractivity (Wildman–Crippen MR) is 93.9 cm³/mol. The van der Waals surface area contributed by atoms with Crippen molar-refractivity contribution in [2.24, 2.45) is 4.99 Å². The van der Waals surface area contributed by atoms with E-state index in [0.717, 1.165) is 38.5 Å². The second-order valence-corrected chi connectivity index (χ2v) is 5.87. The van der Waals surface area contributed by atoms with E-state index < -0.39 is 0 Å². The molecule has 0 saturated carbocycles. The van der Waals surface area contributed by atoms with Crippen LogP contribution in [0.25, 0.3) is 0 Å². The number of rotatable bonds is 12. The molecule has 0 aliphatic rings. The van der Waals surface area contributed by atoms with Crippen molar-refractivity contribution < 1.29 is 9.47 Å². The second kappa shape index (κ2) is 13.5. The molecule has 0 atom stereocenters. The van der Waals surface area contributed by atoms with Crippen molar-refractivity contribution in [3.8, 4) is 0 Å². The van der Waals surface area contributed by atoms with Crippen molar-refractivity contribution in [1.29, 1.82) is 0 Å². The van der Waals surface area contributed by atoms with Crippen LogP contribution in [-0.2, 0) is 15.9 Å². The van der Waals surface area contributed by atoms with Gasteiger partial charge in [-0.2, -0.15) is 0 Å². The molecule has 0 aliphatic carbocycles. The molecule has 0 aromatic carbocycles. The van der Waals surface area contributed by atoms with E-state index in [2.05, 4.69) is 40.1 Å².